The smallest absolute Gasteiger partial charge is 0.224 e. The lowest BCUT2D eigenvalue weighted by Gasteiger charge is -2.29. The summed E-state index contributed by atoms with van der Waals surface area (Å²) in [6.07, 6.45) is 3.11. The minimum atomic E-state index is -0.109. The van der Waals surface area contributed by atoms with Crippen LogP contribution in [0.3, 0.4) is 0 Å². The van der Waals surface area contributed by atoms with Crippen molar-refractivity contribution >= 4 is 11.6 Å². The number of aromatic hydroxyl groups is 1. The van der Waals surface area contributed by atoms with Crippen LogP contribution in [-0.2, 0) is 11.2 Å². The molecule has 0 aliphatic heterocycles. The van der Waals surface area contributed by atoms with Crippen LogP contribution in [0.5, 0.6) is 5.75 Å². The van der Waals surface area contributed by atoms with Crippen molar-refractivity contribution in [2.75, 3.05) is 11.9 Å². The molecule has 0 saturated heterocycles. The van der Waals surface area contributed by atoms with Gasteiger partial charge in [0, 0.05) is 6.42 Å². The molecule has 0 radical (unpaired) electrons. The lowest BCUT2D eigenvalue weighted by atomic mass is 9.76. The minimum Gasteiger partial charge on any atom is -0.506 e. The highest BCUT2D eigenvalue weighted by Gasteiger charge is 2.22. The molecule has 0 spiro atoms. The van der Waals surface area contributed by atoms with Crippen molar-refractivity contribution in [3.63, 3.8) is 0 Å². The number of hydrogen-bond acceptors (Lipinski definition) is 3. The summed E-state index contributed by atoms with van der Waals surface area (Å²) in [5.74, 6) is 1.18. The molecule has 4 N–H and O–H groups in total. The molecule has 1 amide bonds. The summed E-state index contributed by atoms with van der Waals surface area (Å²) in [7, 11) is 0. The highest BCUT2D eigenvalue weighted by Crippen LogP contribution is 2.32. The second kappa shape index (κ2) is 9.07. The van der Waals surface area contributed by atoms with E-state index in [0.717, 1.165) is 18.4 Å². The van der Waals surface area contributed by atoms with Gasteiger partial charge in [-0.3, -0.25) is 4.79 Å². The van der Waals surface area contributed by atoms with Gasteiger partial charge < -0.3 is 16.2 Å². The molecule has 1 rings (SSSR count). The number of phenols is 1. The highest BCUT2D eigenvalue weighted by molar-refractivity contribution is 5.92. The molecule has 0 aromatic heterocycles. The predicted molar refractivity (Wildman–Crippen MR) is 101 cm³/mol. The number of nitrogens with two attached hydrogens (primary N) is 1. The highest BCUT2D eigenvalue weighted by atomic mass is 16.3. The molecule has 1 aromatic rings. The van der Waals surface area contributed by atoms with Gasteiger partial charge in [-0.05, 0) is 60.8 Å². The van der Waals surface area contributed by atoms with E-state index in [0.29, 0.717) is 42.3 Å². The molecule has 0 aliphatic rings. The summed E-state index contributed by atoms with van der Waals surface area (Å²) in [6.45, 7) is 11.9. The van der Waals surface area contributed by atoms with Crippen LogP contribution in [0.25, 0.3) is 0 Å². The molecule has 0 saturated carbocycles. The maximum absolute atomic E-state index is 11.8. The molecule has 24 heavy (non-hydrogen) atoms. The number of hydrogen-bond donors (Lipinski definition) is 3. The zero-order valence-corrected chi connectivity index (χ0v) is 15.9. The van der Waals surface area contributed by atoms with Crippen molar-refractivity contribution in [1.29, 1.82) is 0 Å². The molecular formula is C20H34N2O2. The van der Waals surface area contributed by atoms with E-state index >= 15 is 0 Å². The fraction of sp³-hybridized carbons (Fsp3) is 0.650. The number of benzene rings is 1. The number of nitrogens with one attached hydrogen (secondary N) is 1. The SMILES string of the molecule is CC(C[C@@H](C)Cc1ccc(O)c(NC(=O)CCCN)c1)C(C)(C)C. The Morgan fingerprint density at radius 3 is 2.54 bits per heavy atom. The normalized spacial score (nSPS) is 14.2. The summed E-state index contributed by atoms with van der Waals surface area (Å²) < 4.78 is 0. The Kier molecular flexibility index (Phi) is 7.74. The van der Waals surface area contributed by atoms with Gasteiger partial charge in [0.05, 0.1) is 5.69 Å². The van der Waals surface area contributed by atoms with E-state index < -0.39 is 0 Å². The van der Waals surface area contributed by atoms with E-state index in [9.17, 15) is 9.90 Å². The summed E-state index contributed by atoms with van der Waals surface area (Å²) in [6, 6.07) is 5.48. The molecular weight excluding hydrogens is 300 g/mol. The van der Waals surface area contributed by atoms with Crippen LogP contribution in [0.1, 0.15) is 59.4 Å². The van der Waals surface area contributed by atoms with Crippen molar-refractivity contribution in [3.8, 4) is 5.75 Å². The van der Waals surface area contributed by atoms with E-state index in [4.69, 9.17) is 5.73 Å². The van der Waals surface area contributed by atoms with Gasteiger partial charge in [-0.1, -0.05) is 40.7 Å². The van der Waals surface area contributed by atoms with E-state index in [1.165, 1.54) is 0 Å². The van der Waals surface area contributed by atoms with Gasteiger partial charge in [-0.15, -0.1) is 0 Å². The second-order valence-electron chi connectivity index (χ2n) is 8.10. The van der Waals surface area contributed by atoms with E-state index in [2.05, 4.69) is 39.9 Å². The van der Waals surface area contributed by atoms with E-state index in [1.807, 2.05) is 12.1 Å². The van der Waals surface area contributed by atoms with Gasteiger partial charge in [0.1, 0.15) is 5.75 Å². The Bertz CT molecular complexity index is 535. The van der Waals surface area contributed by atoms with Crippen LogP contribution >= 0.6 is 0 Å². The monoisotopic (exact) mass is 334 g/mol. The Hall–Kier alpha value is -1.55. The van der Waals surface area contributed by atoms with Crippen molar-refractivity contribution in [2.24, 2.45) is 23.0 Å². The predicted octanol–water partition coefficient (Wildman–Crippen LogP) is 4.32. The van der Waals surface area contributed by atoms with Crippen LogP contribution in [0.4, 0.5) is 5.69 Å². The summed E-state index contributed by atoms with van der Waals surface area (Å²) in [5, 5.41) is 12.7. The molecule has 0 aliphatic carbocycles. The van der Waals surface area contributed by atoms with Crippen LogP contribution in [-0.4, -0.2) is 17.6 Å². The minimum absolute atomic E-state index is 0.107. The molecule has 1 unspecified atom stereocenters. The van der Waals surface area contributed by atoms with Crippen molar-refractivity contribution < 1.29 is 9.90 Å². The first kappa shape index (κ1) is 20.5. The topological polar surface area (TPSA) is 75.3 Å². The molecule has 0 heterocycles. The van der Waals surface area contributed by atoms with Crippen LogP contribution < -0.4 is 11.1 Å². The van der Waals surface area contributed by atoms with Crippen molar-refractivity contribution in [1.82, 2.24) is 0 Å². The third-order valence-corrected chi connectivity index (χ3v) is 4.76. The molecule has 0 bridgehead atoms. The zero-order chi connectivity index (χ0) is 18.3. The number of rotatable bonds is 8. The number of amides is 1. The maximum Gasteiger partial charge on any atom is 0.224 e. The standard InChI is InChI=1S/C20H34N2O2/c1-14(11-15(2)20(3,4)5)12-16-8-9-18(23)17(13-16)22-19(24)7-6-10-21/h8-9,13-15,23H,6-7,10-12,21H2,1-5H3,(H,22,24)/t14-,15?/m1/s1. The first-order chi connectivity index (χ1) is 11.1. The van der Waals surface area contributed by atoms with Crippen LogP contribution in [0, 0.1) is 17.3 Å². The Balaban J connectivity index is 2.69. The van der Waals surface area contributed by atoms with E-state index in [-0.39, 0.29) is 11.7 Å². The Morgan fingerprint density at radius 1 is 1.29 bits per heavy atom. The molecule has 4 heteroatoms. The zero-order valence-electron chi connectivity index (χ0n) is 15.9. The van der Waals surface area contributed by atoms with Crippen LogP contribution in [0.2, 0.25) is 0 Å². The van der Waals surface area contributed by atoms with Gasteiger partial charge in [-0.2, -0.15) is 0 Å². The number of anilines is 1. The lowest BCUT2D eigenvalue weighted by Crippen LogP contribution is -2.20. The average molecular weight is 335 g/mol. The summed E-state index contributed by atoms with van der Waals surface area (Å²) in [4.78, 5) is 11.8. The average Bonchev–Trinajstić information content (AvgIpc) is 2.47. The largest absolute Gasteiger partial charge is 0.506 e. The molecule has 4 nitrogen and oxygen atoms in total. The number of phenolic OH excluding ortho intramolecular Hbond substituents is 1. The Morgan fingerprint density at radius 2 is 1.96 bits per heavy atom. The van der Waals surface area contributed by atoms with Gasteiger partial charge in [0.25, 0.3) is 0 Å². The first-order valence-corrected chi connectivity index (χ1v) is 8.95. The van der Waals surface area contributed by atoms with Gasteiger partial charge >= 0.3 is 0 Å². The fourth-order valence-corrected chi connectivity index (χ4v) is 2.73. The van der Waals surface area contributed by atoms with Gasteiger partial charge in [0.15, 0.2) is 0 Å². The fourth-order valence-electron chi connectivity index (χ4n) is 2.73. The van der Waals surface area contributed by atoms with Gasteiger partial charge in [0.2, 0.25) is 5.91 Å². The third-order valence-electron chi connectivity index (χ3n) is 4.76. The summed E-state index contributed by atoms with van der Waals surface area (Å²) >= 11 is 0. The number of carbonyl (C=O) groups excluding carboxylic acids is 1. The third kappa shape index (κ3) is 6.91. The van der Waals surface area contributed by atoms with Crippen molar-refractivity contribution in [2.45, 2.75) is 60.3 Å². The van der Waals surface area contributed by atoms with Crippen molar-refractivity contribution in [3.05, 3.63) is 23.8 Å². The van der Waals surface area contributed by atoms with E-state index in [1.54, 1.807) is 6.07 Å². The molecule has 136 valence electrons. The first-order valence-electron chi connectivity index (χ1n) is 8.95. The molecule has 1 aromatic carbocycles. The van der Waals surface area contributed by atoms with Gasteiger partial charge in [-0.25, -0.2) is 0 Å². The maximum atomic E-state index is 11.8. The Labute approximate surface area is 146 Å². The quantitative estimate of drug-likeness (QED) is 0.620. The molecule has 0 fully saturated rings. The second-order valence-corrected chi connectivity index (χ2v) is 8.10. The lowest BCUT2D eigenvalue weighted by molar-refractivity contribution is -0.116. The molecule has 2 atom stereocenters. The summed E-state index contributed by atoms with van der Waals surface area (Å²) in [5.41, 5.74) is 7.36. The number of carbonyl (C=O) groups is 1. The van der Waals surface area contributed by atoms with Crippen LogP contribution in [0.15, 0.2) is 18.2 Å².